The highest BCUT2D eigenvalue weighted by Crippen LogP contribution is 2.10. The molecule has 1 amide bonds. The Bertz CT molecular complexity index is 373. The molecule has 1 atom stereocenters. The molecule has 0 aliphatic rings. The maximum Gasteiger partial charge on any atom is 0.326 e. The van der Waals surface area contributed by atoms with Gasteiger partial charge in [-0.05, 0) is 6.42 Å². The number of aliphatic hydroxyl groups is 2. The van der Waals surface area contributed by atoms with Crippen molar-refractivity contribution in [2.24, 2.45) is 0 Å². The summed E-state index contributed by atoms with van der Waals surface area (Å²) in [7, 11) is 0. The molecule has 0 fully saturated rings. The van der Waals surface area contributed by atoms with Crippen molar-refractivity contribution in [3.63, 3.8) is 0 Å². The normalized spacial score (nSPS) is 11.2. The largest absolute Gasteiger partial charge is 0.481 e. The Labute approximate surface area is 155 Å². The van der Waals surface area contributed by atoms with Gasteiger partial charge in [0.2, 0.25) is 5.91 Å². The fraction of sp³-hybridized carbons (Fsp3) is 0.833. The molecule has 0 aromatic heterocycles. The van der Waals surface area contributed by atoms with Crippen LogP contribution in [0.25, 0.3) is 0 Å². The smallest absolute Gasteiger partial charge is 0.326 e. The van der Waals surface area contributed by atoms with Gasteiger partial charge >= 0.3 is 11.9 Å². The zero-order chi connectivity index (χ0) is 20.2. The van der Waals surface area contributed by atoms with Crippen LogP contribution in [0.5, 0.6) is 0 Å². The average molecular weight is 377 g/mol. The molecule has 5 N–H and O–H groups in total. The first-order valence-electron chi connectivity index (χ1n) is 9.34. The minimum Gasteiger partial charge on any atom is -0.481 e. The van der Waals surface area contributed by atoms with Crippen molar-refractivity contribution in [2.75, 3.05) is 13.2 Å². The fourth-order valence-electron chi connectivity index (χ4n) is 2.24. The van der Waals surface area contributed by atoms with Gasteiger partial charge in [0.25, 0.3) is 0 Å². The molecule has 0 bridgehead atoms. The summed E-state index contributed by atoms with van der Waals surface area (Å²) in [5.41, 5.74) is 0. The Hall–Kier alpha value is -1.67. The number of aliphatic hydroxyl groups excluding tert-OH is 2. The molecule has 8 heteroatoms. The Morgan fingerprint density at radius 3 is 1.65 bits per heavy atom. The van der Waals surface area contributed by atoms with Crippen molar-refractivity contribution in [2.45, 2.75) is 83.6 Å². The summed E-state index contributed by atoms with van der Waals surface area (Å²) in [6, 6.07) is -1.34. The van der Waals surface area contributed by atoms with Gasteiger partial charge in [-0.3, -0.25) is 9.59 Å². The third-order valence-electron chi connectivity index (χ3n) is 3.62. The van der Waals surface area contributed by atoms with E-state index in [9.17, 15) is 14.4 Å². The summed E-state index contributed by atoms with van der Waals surface area (Å²) >= 11 is 0. The van der Waals surface area contributed by atoms with E-state index in [1.807, 2.05) is 0 Å². The molecule has 0 spiro atoms. The molecular formula is C18H35NO7. The molecule has 0 saturated carbocycles. The summed E-state index contributed by atoms with van der Waals surface area (Å²) in [5, 5.41) is 34.9. The number of carboxylic acids is 2. The summed E-state index contributed by atoms with van der Waals surface area (Å²) in [6.07, 6.45) is 9.87. The zero-order valence-electron chi connectivity index (χ0n) is 15.8. The summed E-state index contributed by atoms with van der Waals surface area (Å²) in [5.74, 6) is -2.95. The van der Waals surface area contributed by atoms with E-state index in [0.717, 1.165) is 12.8 Å². The van der Waals surface area contributed by atoms with Gasteiger partial charge in [-0.2, -0.15) is 0 Å². The lowest BCUT2D eigenvalue weighted by Crippen LogP contribution is -2.42. The second kappa shape index (κ2) is 19.7. The van der Waals surface area contributed by atoms with E-state index in [1.165, 1.54) is 38.5 Å². The highest BCUT2D eigenvalue weighted by molar-refractivity contribution is 5.86. The van der Waals surface area contributed by atoms with E-state index in [-0.39, 0.29) is 19.6 Å². The van der Waals surface area contributed by atoms with E-state index in [4.69, 9.17) is 20.4 Å². The van der Waals surface area contributed by atoms with Crippen LogP contribution in [0.4, 0.5) is 0 Å². The first-order chi connectivity index (χ1) is 12.4. The van der Waals surface area contributed by atoms with Crippen LogP contribution in [-0.4, -0.2) is 57.5 Å². The van der Waals surface area contributed by atoms with Crippen LogP contribution in [0.2, 0.25) is 0 Å². The molecule has 8 nitrogen and oxygen atoms in total. The molecule has 0 radical (unpaired) electrons. The van der Waals surface area contributed by atoms with Crippen molar-refractivity contribution < 1.29 is 34.8 Å². The first kappa shape index (κ1) is 26.6. The van der Waals surface area contributed by atoms with Gasteiger partial charge in [0.1, 0.15) is 6.04 Å². The Morgan fingerprint density at radius 2 is 1.27 bits per heavy atom. The van der Waals surface area contributed by atoms with E-state index in [1.54, 1.807) is 0 Å². The highest BCUT2D eigenvalue weighted by atomic mass is 16.4. The fourth-order valence-corrected chi connectivity index (χ4v) is 2.24. The molecule has 26 heavy (non-hydrogen) atoms. The van der Waals surface area contributed by atoms with Crippen LogP contribution >= 0.6 is 0 Å². The molecule has 0 saturated heterocycles. The number of aliphatic carboxylic acids is 2. The average Bonchev–Trinajstić information content (AvgIpc) is 2.59. The highest BCUT2D eigenvalue weighted by Gasteiger charge is 2.22. The molecule has 1 unspecified atom stereocenters. The molecule has 0 aromatic carbocycles. The van der Waals surface area contributed by atoms with E-state index >= 15 is 0 Å². The number of rotatable bonds is 15. The zero-order valence-corrected chi connectivity index (χ0v) is 15.8. The number of hydrogen-bond donors (Lipinski definition) is 5. The third kappa shape index (κ3) is 20.4. The number of carboxylic acid groups (broad SMARTS) is 2. The van der Waals surface area contributed by atoms with Gasteiger partial charge in [0.05, 0.1) is 19.6 Å². The van der Waals surface area contributed by atoms with Gasteiger partial charge in [-0.15, -0.1) is 0 Å². The van der Waals surface area contributed by atoms with Crippen molar-refractivity contribution in [3.8, 4) is 0 Å². The SMILES string of the molecule is CCCCCCCCCCCC(=O)NC(CC(=O)O)C(=O)O.OCCO. The van der Waals surface area contributed by atoms with Crippen molar-refractivity contribution in [1.29, 1.82) is 0 Å². The van der Waals surface area contributed by atoms with Gasteiger partial charge < -0.3 is 25.7 Å². The van der Waals surface area contributed by atoms with E-state index < -0.39 is 30.3 Å². The number of unbranched alkanes of at least 4 members (excludes halogenated alkanes) is 8. The number of carbonyl (C=O) groups is 3. The second-order valence-corrected chi connectivity index (χ2v) is 6.08. The van der Waals surface area contributed by atoms with Crippen molar-refractivity contribution in [1.82, 2.24) is 5.32 Å². The maximum atomic E-state index is 11.6. The molecule has 0 rings (SSSR count). The van der Waals surface area contributed by atoms with E-state index in [0.29, 0.717) is 6.42 Å². The van der Waals surface area contributed by atoms with Crippen LogP contribution in [0.1, 0.15) is 77.6 Å². The van der Waals surface area contributed by atoms with Crippen molar-refractivity contribution >= 4 is 17.8 Å². The summed E-state index contributed by atoms with van der Waals surface area (Å²) in [4.78, 5) is 32.9. The number of carbonyl (C=O) groups excluding carboxylic acids is 1. The molecule has 0 heterocycles. The van der Waals surface area contributed by atoms with E-state index in [2.05, 4.69) is 12.2 Å². The predicted octanol–water partition coefficient (Wildman–Crippen LogP) is 1.92. The standard InChI is InChI=1S/C16H29NO5.C2H6O2/c1-2-3-4-5-6-7-8-9-10-11-14(18)17-13(16(21)22)12-15(19)20;3-1-2-4/h13H,2-12H2,1H3,(H,17,18)(H,19,20)(H,21,22);3-4H,1-2H2. The third-order valence-corrected chi connectivity index (χ3v) is 3.62. The number of amides is 1. The Morgan fingerprint density at radius 1 is 0.808 bits per heavy atom. The topological polar surface area (TPSA) is 144 Å². The summed E-state index contributed by atoms with van der Waals surface area (Å²) < 4.78 is 0. The number of nitrogens with one attached hydrogen (secondary N) is 1. The van der Waals surface area contributed by atoms with Crippen molar-refractivity contribution in [3.05, 3.63) is 0 Å². The van der Waals surface area contributed by atoms with Crippen LogP contribution < -0.4 is 5.32 Å². The Balaban J connectivity index is 0. The minimum absolute atomic E-state index is 0.125. The Kier molecular flexibility index (Phi) is 20.1. The first-order valence-corrected chi connectivity index (χ1v) is 9.34. The van der Waals surface area contributed by atoms with Gasteiger partial charge in [0, 0.05) is 6.42 Å². The second-order valence-electron chi connectivity index (χ2n) is 6.08. The predicted molar refractivity (Wildman–Crippen MR) is 97.8 cm³/mol. The summed E-state index contributed by atoms with van der Waals surface area (Å²) in [6.45, 7) is 1.94. The molecule has 0 aliphatic heterocycles. The molecular weight excluding hydrogens is 342 g/mol. The van der Waals surface area contributed by atoms with Crippen LogP contribution in [-0.2, 0) is 14.4 Å². The molecule has 0 aromatic rings. The lowest BCUT2D eigenvalue weighted by Gasteiger charge is -2.12. The molecule has 154 valence electrons. The quantitative estimate of drug-likeness (QED) is 0.274. The van der Waals surface area contributed by atoms with Gasteiger partial charge in [0.15, 0.2) is 0 Å². The monoisotopic (exact) mass is 377 g/mol. The van der Waals surface area contributed by atoms with Crippen LogP contribution in [0.3, 0.4) is 0 Å². The van der Waals surface area contributed by atoms with Gasteiger partial charge in [-0.1, -0.05) is 58.3 Å². The lowest BCUT2D eigenvalue weighted by molar-refractivity contribution is -0.147. The van der Waals surface area contributed by atoms with Crippen LogP contribution in [0, 0.1) is 0 Å². The minimum atomic E-state index is -1.34. The number of hydrogen-bond acceptors (Lipinski definition) is 5. The maximum absolute atomic E-state index is 11.6. The van der Waals surface area contributed by atoms with Gasteiger partial charge in [-0.25, -0.2) is 4.79 Å². The van der Waals surface area contributed by atoms with Crippen LogP contribution in [0.15, 0.2) is 0 Å². The lowest BCUT2D eigenvalue weighted by atomic mass is 10.1. The molecule has 0 aliphatic carbocycles.